The molecule has 0 saturated carbocycles. The van der Waals surface area contributed by atoms with Crippen LogP contribution in [-0.4, -0.2) is 33.7 Å². The molecule has 0 aromatic rings. The predicted octanol–water partition coefficient (Wildman–Crippen LogP) is -1.72. The van der Waals surface area contributed by atoms with Crippen molar-refractivity contribution in [3.05, 3.63) is 0 Å². The van der Waals surface area contributed by atoms with Gasteiger partial charge in [0.1, 0.15) is 0 Å². The molecule has 0 unspecified atom stereocenters. The van der Waals surface area contributed by atoms with Crippen molar-refractivity contribution >= 4 is 25.2 Å². The Bertz CT molecular complexity index is 191. The van der Waals surface area contributed by atoms with Crippen LogP contribution in [-0.2, 0) is 19.1 Å². The molecule has 10 heavy (non-hydrogen) atoms. The standard InChI is InChI=1S/C5H7BO4/c1-10-5(9)3(7)2-4(6)8/h2,6H2,1H3/i6D. The van der Waals surface area contributed by atoms with Gasteiger partial charge in [-0.3, -0.25) is 4.79 Å². The van der Waals surface area contributed by atoms with Gasteiger partial charge in [0.25, 0.3) is 0 Å². The second-order valence-electron chi connectivity index (χ2n) is 1.63. The molecule has 0 bridgehead atoms. The van der Waals surface area contributed by atoms with Crippen molar-refractivity contribution in [3.63, 3.8) is 0 Å². The van der Waals surface area contributed by atoms with Crippen LogP contribution in [0.1, 0.15) is 6.42 Å². The lowest BCUT2D eigenvalue weighted by Gasteiger charge is -1.93. The topological polar surface area (TPSA) is 60.4 Å². The van der Waals surface area contributed by atoms with Gasteiger partial charge in [0.2, 0.25) is 5.78 Å². The Morgan fingerprint density at radius 2 is 2.20 bits per heavy atom. The van der Waals surface area contributed by atoms with Crippen molar-refractivity contribution in [2.45, 2.75) is 6.42 Å². The van der Waals surface area contributed by atoms with E-state index in [0.29, 0.717) is 0 Å². The second kappa shape index (κ2) is 3.82. The number of carbonyl (C=O) groups excluding carboxylic acids is 3. The van der Waals surface area contributed by atoms with Gasteiger partial charge >= 0.3 is 5.97 Å². The summed E-state index contributed by atoms with van der Waals surface area (Å²) in [6.07, 6.45) is -0.532. The van der Waals surface area contributed by atoms with E-state index in [1.54, 1.807) is 0 Å². The third kappa shape index (κ3) is 3.01. The first-order valence-electron chi connectivity index (χ1n) is 3.24. The summed E-state index contributed by atoms with van der Waals surface area (Å²) >= 11 is 0. The molecule has 0 spiro atoms. The normalized spacial score (nSPS) is 9.50. The number of hydrogen-bond acceptors (Lipinski definition) is 4. The summed E-state index contributed by atoms with van der Waals surface area (Å²) in [5.74, 6) is -1.93. The summed E-state index contributed by atoms with van der Waals surface area (Å²) in [6.45, 7) is 0. The predicted molar refractivity (Wildman–Crippen MR) is 35.2 cm³/mol. The van der Waals surface area contributed by atoms with E-state index in [1.165, 1.54) is 0 Å². The van der Waals surface area contributed by atoms with Gasteiger partial charge in [-0.05, 0) is 1.34 Å². The van der Waals surface area contributed by atoms with Gasteiger partial charge in [0.15, 0.2) is 7.81 Å². The van der Waals surface area contributed by atoms with Crippen LogP contribution in [0, 0.1) is 0 Å². The smallest absolute Gasteiger partial charge is 0.374 e. The Morgan fingerprint density at radius 1 is 1.60 bits per heavy atom. The van der Waals surface area contributed by atoms with Gasteiger partial charge in [0.05, 0.1) is 19.2 Å². The fraction of sp³-hybridized carbons (Fsp3) is 0.400. The first kappa shape index (κ1) is 6.99. The lowest BCUT2D eigenvalue weighted by molar-refractivity contribution is -0.152. The molecule has 5 heteroatoms. The minimum absolute atomic E-state index is 0.483. The van der Waals surface area contributed by atoms with Gasteiger partial charge in [0, 0.05) is 0 Å². The Balaban J connectivity index is 3.88. The molecule has 0 aliphatic heterocycles. The van der Waals surface area contributed by atoms with Crippen LogP contribution in [0.2, 0.25) is 0 Å². The first-order chi connectivity index (χ1) is 5.11. The van der Waals surface area contributed by atoms with E-state index in [1.807, 2.05) is 0 Å². The number of hydrogen-bond donors (Lipinski definition) is 0. The number of esters is 1. The zero-order valence-electron chi connectivity index (χ0n) is 6.55. The fourth-order valence-corrected chi connectivity index (χ4v) is 0.365. The molecule has 0 aliphatic rings. The highest BCUT2D eigenvalue weighted by molar-refractivity contribution is 6.61. The lowest BCUT2D eigenvalue weighted by Crippen LogP contribution is -2.18. The number of ether oxygens (including phenoxy) is 1. The molecule has 0 aromatic carbocycles. The largest absolute Gasteiger partial charge is 0.463 e. The summed E-state index contributed by atoms with van der Waals surface area (Å²) in [5, 5.41) is 0. The minimum Gasteiger partial charge on any atom is -0.463 e. The Labute approximate surface area is 60.3 Å². The second-order valence-corrected chi connectivity index (χ2v) is 1.63. The first-order valence-corrected chi connectivity index (χ1v) is 2.54. The van der Waals surface area contributed by atoms with Crippen LogP contribution < -0.4 is 0 Å². The molecule has 4 nitrogen and oxygen atoms in total. The van der Waals surface area contributed by atoms with Crippen molar-refractivity contribution in [1.29, 1.82) is 1.34 Å². The molecule has 0 rings (SSSR count). The van der Waals surface area contributed by atoms with E-state index in [2.05, 4.69) is 4.74 Å². The van der Waals surface area contributed by atoms with Crippen LogP contribution >= 0.6 is 0 Å². The molecule has 0 aromatic heterocycles. The van der Waals surface area contributed by atoms with Crippen molar-refractivity contribution in [1.82, 2.24) is 0 Å². The summed E-state index contributed by atoms with van der Waals surface area (Å²) in [6, 6.07) is 0. The third-order valence-electron chi connectivity index (χ3n) is 0.771. The molecule has 0 amide bonds. The highest BCUT2D eigenvalue weighted by atomic mass is 16.5. The highest BCUT2D eigenvalue weighted by Crippen LogP contribution is 1.85. The van der Waals surface area contributed by atoms with Crippen LogP contribution in [0.5, 0.6) is 0 Å². The Kier molecular flexibility index (Phi) is 2.67. The number of rotatable bonds is 4. The van der Waals surface area contributed by atoms with E-state index in [9.17, 15) is 14.4 Å². The highest BCUT2D eigenvalue weighted by Gasteiger charge is 2.14. The Morgan fingerprint density at radius 3 is 2.60 bits per heavy atom. The maximum atomic E-state index is 10.6. The molecule has 0 aliphatic carbocycles. The number of ketones is 1. The molecule has 0 radical (unpaired) electrons. The van der Waals surface area contributed by atoms with Crippen LogP contribution in [0.15, 0.2) is 0 Å². The molecule has 0 N–H and O–H groups in total. The summed E-state index contributed by atoms with van der Waals surface area (Å²) < 4.78 is 10.6. The van der Waals surface area contributed by atoms with E-state index in [4.69, 9.17) is 1.34 Å². The average molecular weight is 143 g/mol. The maximum absolute atomic E-state index is 10.6. The van der Waals surface area contributed by atoms with Crippen LogP contribution in [0.25, 0.3) is 0 Å². The van der Waals surface area contributed by atoms with Crippen molar-refractivity contribution < 1.29 is 19.1 Å². The molecule has 54 valence electrons. The van der Waals surface area contributed by atoms with Crippen molar-refractivity contribution in [2.24, 2.45) is 0 Å². The van der Waals surface area contributed by atoms with Crippen LogP contribution in [0.4, 0.5) is 0 Å². The number of Topliss-reactive ketones (excluding diaryl/α,β-unsaturated/α-hetero) is 1. The molecular weight excluding hydrogens is 135 g/mol. The molecule has 0 heterocycles. The van der Waals surface area contributed by atoms with E-state index < -0.39 is 31.7 Å². The number of methoxy groups -OCH3 is 1. The number of carbonyl (C=O) groups is 3. The zero-order chi connectivity index (χ0) is 8.85. The molecule has 0 atom stereocenters. The Hall–Kier alpha value is -1.13. The quantitative estimate of drug-likeness (QED) is 0.203. The fourth-order valence-electron chi connectivity index (χ4n) is 0.365. The van der Waals surface area contributed by atoms with Crippen LogP contribution in [0.3, 0.4) is 0 Å². The van der Waals surface area contributed by atoms with Crippen molar-refractivity contribution in [2.75, 3.05) is 7.11 Å². The lowest BCUT2D eigenvalue weighted by atomic mass is 9.98. The van der Waals surface area contributed by atoms with Gasteiger partial charge < -0.3 is 9.53 Å². The summed E-state index contributed by atoms with van der Waals surface area (Å²) in [5.41, 5.74) is -0.583. The minimum atomic E-state index is -1.04. The van der Waals surface area contributed by atoms with E-state index >= 15 is 0 Å². The molecular formula is C5H7BO4. The summed E-state index contributed by atoms with van der Waals surface area (Å²) in [7, 11) is 0.578. The molecule has 0 saturated heterocycles. The van der Waals surface area contributed by atoms with Gasteiger partial charge in [-0.1, -0.05) is 0 Å². The van der Waals surface area contributed by atoms with Crippen molar-refractivity contribution in [3.8, 4) is 0 Å². The SMILES string of the molecule is [2H]BC(=O)CC(=O)C(=O)OC. The molecule has 0 fully saturated rings. The van der Waals surface area contributed by atoms with Gasteiger partial charge in [-0.2, -0.15) is 0 Å². The van der Waals surface area contributed by atoms with E-state index in [-0.39, 0.29) is 0 Å². The van der Waals surface area contributed by atoms with E-state index in [0.717, 1.165) is 7.11 Å². The maximum Gasteiger partial charge on any atom is 0.374 e. The average Bonchev–Trinajstić information content (AvgIpc) is 2.02. The van der Waals surface area contributed by atoms with Gasteiger partial charge in [-0.15, -0.1) is 0 Å². The van der Waals surface area contributed by atoms with Gasteiger partial charge in [-0.25, -0.2) is 4.79 Å². The summed E-state index contributed by atoms with van der Waals surface area (Å²) in [4.78, 5) is 31.4. The third-order valence-corrected chi connectivity index (χ3v) is 0.771. The monoisotopic (exact) mass is 143 g/mol. The zero-order valence-corrected chi connectivity index (χ0v) is 5.55.